The Morgan fingerprint density at radius 1 is 1.06 bits per heavy atom. The molecule has 1 heterocycles. The summed E-state index contributed by atoms with van der Waals surface area (Å²) in [6.07, 6.45) is 0.543. The quantitative estimate of drug-likeness (QED) is 0.534. The van der Waals surface area contributed by atoms with Crippen LogP contribution in [0.4, 0.5) is 0 Å². The molecule has 182 valence electrons. The van der Waals surface area contributed by atoms with Gasteiger partial charge in [0.05, 0.1) is 32.6 Å². The van der Waals surface area contributed by atoms with Gasteiger partial charge in [0.15, 0.2) is 0 Å². The summed E-state index contributed by atoms with van der Waals surface area (Å²) in [5, 5.41) is 6.22. The van der Waals surface area contributed by atoms with E-state index in [1.165, 1.54) is 5.01 Å². The highest BCUT2D eigenvalue weighted by Crippen LogP contribution is 2.34. The predicted octanol–water partition coefficient (Wildman–Crippen LogP) is 3.51. The van der Waals surface area contributed by atoms with Crippen molar-refractivity contribution in [3.8, 4) is 11.5 Å². The predicted molar refractivity (Wildman–Crippen MR) is 130 cm³/mol. The van der Waals surface area contributed by atoms with Gasteiger partial charge in [-0.25, -0.2) is 5.01 Å². The molecule has 0 saturated carbocycles. The lowest BCUT2D eigenvalue weighted by molar-refractivity contribution is -0.143. The van der Waals surface area contributed by atoms with Crippen LogP contribution < -0.4 is 9.47 Å². The van der Waals surface area contributed by atoms with E-state index in [1.54, 1.807) is 26.2 Å². The highest BCUT2D eigenvalue weighted by Gasteiger charge is 2.34. The highest BCUT2D eigenvalue weighted by atomic mass is 16.5. The van der Waals surface area contributed by atoms with Crippen LogP contribution in [0.2, 0.25) is 0 Å². The van der Waals surface area contributed by atoms with Crippen molar-refractivity contribution in [3.05, 3.63) is 59.7 Å². The lowest BCUT2D eigenvalue weighted by Crippen LogP contribution is -2.44. The second-order valence-corrected chi connectivity index (χ2v) is 8.42. The van der Waals surface area contributed by atoms with Crippen LogP contribution in [0.25, 0.3) is 0 Å². The van der Waals surface area contributed by atoms with Crippen LogP contribution in [0.1, 0.15) is 37.4 Å². The molecule has 2 aromatic rings. The minimum absolute atomic E-state index is 0.0675. The molecule has 0 bridgehead atoms. The van der Waals surface area contributed by atoms with E-state index in [9.17, 15) is 9.59 Å². The summed E-state index contributed by atoms with van der Waals surface area (Å²) < 4.78 is 15.8. The standard InChI is InChI=1S/C26H33N3O5/c1-18(2)26(31)28(13-14-32-3)17-25(30)29-24(19-9-11-21(33-4)12-10-19)16-23(27-29)20-7-6-8-22(15-20)34-5/h6-12,15,18,24H,13-14,16-17H2,1-5H3/t24-/m0/s1. The van der Waals surface area contributed by atoms with Gasteiger partial charge in [-0.1, -0.05) is 38.1 Å². The maximum absolute atomic E-state index is 13.5. The van der Waals surface area contributed by atoms with Crippen LogP contribution in [0.5, 0.6) is 11.5 Å². The van der Waals surface area contributed by atoms with Crippen molar-refractivity contribution in [1.82, 2.24) is 9.91 Å². The van der Waals surface area contributed by atoms with Gasteiger partial charge in [0.25, 0.3) is 5.91 Å². The van der Waals surface area contributed by atoms with Gasteiger partial charge in [-0.3, -0.25) is 9.59 Å². The number of nitrogens with zero attached hydrogens (tertiary/aromatic N) is 3. The number of hydrazone groups is 1. The van der Waals surface area contributed by atoms with Crippen molar-refractivity contribution < 1.29 is 23.8 Å². The number of hydrogen-bond donors (Lipinski definition) is 0. The normalized spacial score (nSPS) is 15.3. The number of benzene rings is 2. The fourth-order valence-corrected chi connectivity index (χ4v) is 3.87. The van der Waals surface area contributed by atoms with E-state index in [0.717, 1.165) is 28.3 Å². The molecular weight excluding hydrogens is 434 g/mol. The van der Waals surface area contributed by atoms with E-state index < -0.39 is 0 Å². The van der Waals surface area contributed by atoms with E-state index in [4.69, 9.17) is 19.3 Å². The first kappa shape index (κ1) is 25.2. The zero-order valence-electron chi connectivity index (χ0n) is 20.5. The Morgan fingerprint density at radius 3 is 2.38 bits per heavy atom. The SMILES string of the molecule is COCCN(CC(=O)N1N=C(c2cccc(OC)c2)C[C@H]1c1ccc(OC)cc1)C(=O)C(C)C. The summed E-state index contributed by atoms with van der Waals surface area (Å²) in [5.74, 6) is 0.893. The summed E-state index contributed by atoms with van der Waals surface area (Å²) in [5.41, 5.74) is 2.61. The van der Waals surface area contributed by atoms with Crippen molar-refractivity contribution >= 4 is 17.5 Å². The van der Waals surface area contributed by atoms with E-state index >= 15 is 0 Å². The fourth-order valence-electron chi connectivity index (χ4n) is 3.87. The lowest BCUT2D eigenvalue weighted by Gasteiger charge is -2.28. The highest BCUT2D eigenvalue weighted by molar-refractivity contribution is 6.03. The van der Waals surface area contributed by atoms with E-state index in [-0.39, 0.29) is 30.3 Å². The molecule has 2 aromatic carbocycles. The summed E-state index contributed by atoms with van der Waals surface area (Å²) in [6.45, 7) is 4.27. The third-order valence-corrected chi connectivity index (χ3v) is 5.77. The summed E-state index contributed by atoms with van der Waals surface area (Å²) in [6, 6.07) is 15.0. The third kappa shape index (κ3) is 5.94. The summed E-state index contributed by atoms with van der Waals surface area (Å²) in [4.78, 5) is 27.7. The molecule has 0 unspecified atom stereocenters. The molecular formula is C26H33N3O5. The molecule has 1 aliphatic rings. The van der Waals surface area contributed by atoms with E-state index in [2.05, 4.69) is 0 Å². The molecule has 2 amide bonds. The number of carbonyl (C=O) groups excluding carboxylic acids is 2. The number of hydrogen-bond acceptors (Lipinski definition) is 6. The van der Waals surface area contributed by atoms with Crippen molar-refractivity contribution in [2.75, 3.05) is 41.0 Å². The molecule has 1 atom stereocenters. The monoisotopic (exact) mass is 467 g/mol. The number of ether oxygens (including phenoxy) is 3. The van der Waals surface area contributed by atoms with Crippen molar-refractivity contribution in [2.45, 2.75) is 26.3 Å². The van der Waals surface area contributed by atoms with Crippen LogP contribution in [0.15, 0.2) is 53.6 Å². The fraction of sp³-hybridized carbons (Fsp3) is 0.423. The Morgan fingerprint density at radius 2 is 1.76 bits per heavy atom. The van der Waals surface area contributed by atoms with Crippen LogP contribution in [0, 0.1) is 5.92 Å². The van der Waals surface area contributed by atoms with E-state index in [0.29, 0.717) is 19.6 Å². The van der Waals surface area contributed by atoms with Crippen LogP contribution in [0.3, 0.4) is 0 Å². The number of rotatable bonds is 10. The molecule has 0 aliphatic carbocycles. The molecule has 0 radical (unpaired) electrons. The summed E-state index contributed by atoms with van der Waals surface area (Å²) in [7, 11) is 4.81. The van der Waals surface area contributed by atoms with Crippen LogP contribution in [-0.4, -0.2) is 68.5 Å². The first-order chi connectivity index (χ1) is 16.4. The molecule has 0 spiro atoms. The van der Waals surface area contributed by atoms with Crippen molar-refractivity contribution in [1.29, 1.82) is 0 Å². The van der Waals surface area contributed by atoms with Gasteiger partial charge in [0.2, 0.25) is 5.91 Å². The Bertz CT molecular complexity index is 1020. The molecule has 8 heteroatoms. The van der Waals surface area contributed by atoms with Gasteiger partial charge >= 0.3 is 0 Å². The average Bonchev–Trinajstić information content (AvgIpc) is 3.31. The molecule has 34 heavy (non-hydrogen) atoms. The first-order valence-electron chi connectivity index (χ1n) is 11.3. The molecule has 8 nitrogen and oxygen atoms in total. The van der Waals surface area contributed by atoms with Gasteiger partial charge in [-0.2, -0.15) is 5.10 Å². The Kier molecular flexibility index (Phi) is 8.65. The molecule has 1 aliphatic heterocycles. The van der Waals surface area contributed by atoms with Crippen molar-refractivity contribution in [3.63, 3.8) is 0 Å². The summed E-state index contributed by atoms with van der Waals surface area (Å²) >= 11 is 0. The molecule has 0 N–H and O–H groups in total. The Hall–Kier alpha value is -3.39. The van der Waals surface area contributed by atoms with Gasteiger partial charge in [-0.15, -0.1) is 0 Å². The minimum Gasteiger partial charge on any atom is -0.497 e. The molecule has 3 rings (SSSR count). The topological polar surface area (TPSA) is 80.7 Å². The first-order valence-corrected chi connectivity index (χ1v) is 11.3. The molecule has 0 saturated heterocycles. The largest absolute Gasteiger partial charge is 0.497 e. The second-order valence-electron chi connectivity index (χ2n) is 8.42. The van der Waals surface area contributed by atoms with Gasteiger partial charge < -0.3 is 19.1 Å². The minimum atomic E-state index is -0.293. The van der Waals surface area contributed by atoms with E-state index in [1.807, 2.05) is 62.4 Å². The van der Waals surface area contributed by atoms with Crippen LogP contribution in [-0.2, 0) is 14.3 Å². The molecule has 0 fully saturated rings. The smallest absolute Gasteiger partial charge is 0.262 e. The number of amides is 2. The number of methoxy groups -OCH3 is 3. The maximum atomic E-state index is 13.5. The Balaban J connectivity index is 1.92. The van der Waals surface area contributed by atoms with Crippen LogP contribution >= 0.6 is 0 Å². The lowest BCUT2D eigenvalue weighted by atomic mass is 9.98. The number of carbonyl (C=O) groups is 2. The molecule has 0 aromatic heterocycles. The van der Waals surface area contributed by atoms with Crippen molar-refractivity contribution in [2.24, 2.45) is 11.0 Å². The zero-order chi connectivity index (χ0) is 24.7. The van der Waals surface area contributed by atoms with Gasteiger partial charge in [0.1, 0.15) is 18.0 Å². The zero-order valence-corrected chi connectivity index (χ0v) is 20.5. The van der Waals surface area contributed by atoms with Gasteiger partial charge in [0, 0.05) is 31.6 Å². The Labute approximate surface area is 201 Å². The maximum Gasteiger partial charge on any atom is 0.262 e. The third-order valence-electron chi connectivity index (χ3n) is 5.77. The average molecular weight is 468 g/mol. The van der Waals surface area contributed by atoms with Gasteiger partial charge in [-0.05, 0) is 29.8 Å². The second kappa shape index (κ2) is 11.7.